The first kappa shape index (κ1) is 15.8. The molecule has 24 heavy (non-hydrogen) atoms. The van der Waals surface area contributed by atoms with E-state index in [0.29, 0.717) is 23.3 Å². The molecule has 0 saturated carbocycles. The van der Waals surface area contributed by atoms with Gasteiger partial charge in [-0.15, -0.1) is 0 Å². The van der Waals surface area contributed by atoms with E-state index in [1.165, 1.54) is 18.2 Å². The van der Waals surface area contributed by atoms with Crippen LogP contribution < -0.4 is 10.4 Å². The van der Waals surface area contributed by atoms with E-state index in [1.54, 1.807) is 30.3 Å². The second kappa shape index (κ2) is 6.58. The fourth-order valence-electron chi connectivity index (χ4n) is 2.41. The Balaban J connectivity index is 2.16. The van der Waals surface area contributed by atoms with Gasteiger partial charge in [0.25, 0.3) is 0 Å². The van der Waals surface area contributed by atoms with Crippen molar-refractivity contribution in [3.05, 3.63) is 70.1 Å². The maximum Gasteiger partial charge on any atom is 0.347 e. The Morgan fingerprint density at radius 2 is 1.92 bits per heavy atom. The SMILES string of the molecule is CCCOc1cc(O)cc2oc(=O)c(C(=O)c3ccccc3)cc12. The summed E-state index contributed by atoms with van der Waals surface area (Å²) in [5.41, 5.74) is -0.237. The van der Waals surface area contributed by atoms with Gasteiger partial charge in [0, 0.05) is 17.7 Å². The highest BCUT2D eigenvalue weighted by Crippen LogP contribution is 2.31. The quantitative estimate of drug-likeness (QED) is 0.574. The number of hydrogen-bond donors (Lipinski definition) is 1. The number of carbonyl (C=O) groups is 1. The highest BCUT2D eigenvalue weighted by Gasteiger charge is 2.18. The van der Waals surface area contributed by atoms with Crippen LogP contribution in [0.2, 0.25) is 0 Å². The smallest absolute Gasteiger partial charge is 0.347 e. The molecule has 0 bridgehead atoms. The van der Waals surface area contributed by atoms with Crippen LogP contribution in [0.25, 0.3) is 11.0 Å². The average Bonchev–Trinajstić information content (AvgIpc) is 2.59. The second-order valence-electron chi connectivity index (χ2n) is 5.35. The number of aromatic hydroxyl groups is 1. The van der Waals surface area contributed by atoms with Gasteiger partial charge in [0.1, 0.15) is 22.6 Å². The van der Waals surface area contributed by atoms with Crippen LogP contribution in [0.1, 0.15) is 29.3 Å². The minimum atomic E-state index is -0.747. The van der Waals surface area contributed by atoms with Crippen molar-refractivity contribution < 1.29 is 19.1 Å². The zero-order valence-corrected chi connectivity index (χ0v) is 13.1. The molecule has 2 aromatic carbocycles. The van der Waals surface area contributed by atoms with Crippen LogP contribution in [0.15, 0.2) is 57.7 Å². The van der Waals surface area contributed by atoms with Gasteiger partial charge in [-0.3, -0.25) is 4.79 Å². The number of benzene rings is 2. The van der Waals surface area contributed by atoms with E-state index in [9.17, 15) is 14.7 Å². The van der Waals surface area contributed by atoms with Crippen molar-refractivity contribution in [3.63, 3.8) is 0 Å². The monoisotopic (exact) mass is 324 g/mol. The van der Waals surface area contributed by atoms with Gasteiger partial charge in [0.2, 0.25) is 0 Å². The first-order valence-electron chi connectivity index (χ1n) is 7.63. The third kappa shape index (κ3) is 3.01. The molecule has 5 heteroatoms. The molecule has 0 radical (unpaired) electrons. The van der Waals surface area contributed by atoms with Crippen LogP contribution in [0.5, 0.6) is 11.5 Å². The molecule has 0 spiro atoms. The van der Waals surface area contributed by atoms with E-state index in [0.717, 1.165) is 6.42 Å². The number of phenols is 1. The lowest BCUT2D eigenvalue weighted by atomic mass is 10.0. The molecule has 0 fully saturated rings. The Bertz CT molecular complexity index is 941. The van der Waals surface area contributed by atoms with Gasteiger partial charge in [-0.05, 0) is 12.5 Å². The highest BCUT2D eigenvalue weighted by atomic mass is 16.5. The van der Waals surface area contributed by atoms with Gasteiger partial charge in [0.15, 0.2) is 5.78 Å². The summed E-state index contributed by atoms with van der Waals surface area (Å²) in [7, 11) is 0. The van der Waals surface area contributed by atoms with E-state index in [4.69, 9.17) is 9.15 Å². The van der Waals surface area contributed by atoms with E-state index in [-0.39, 0.29) is 16.9 Å². The number of phenolic OH excluding ortho intramolecular Hbond substituents is 1. The Hall–Kier alpha value is -3.08. The molecule has 0 unspecified atom stereocenters. The lowest BCUT2D eigenvalue weighted by Gasteiger charge is -2.09. The van der Waals surface area contributed by atoms with Gasteiger partial charge in [-0.2, -0.15) is 0 Å². The van der Waals surface area contributed by atoms with Crippen molar-refractivity contribution in [2.24, 2.45) is 0 Å². The first-order chi connectivity index (χ1) is 11.6. The first-order valence-corrected chi connectivity index (χ1v) is 7.63. The Morgan fingerprint density at radius 1 is 1.17 bits per heavy atom. The molecular formula is C19H16O5. The minimum Gasteiger partial charge on any atom is -0.508 e. The summed E-state index contributed by atoms with van der Waals surface area (Å²) in [6, 6.07) is 12.7. The molecule has 122 valence electrons. The second-order valence-corrected chi connectivity index (χ2v) is 5.35. The van der Waals surface area contributed by atoms with Crippen molar-refractivity contribution in [2.45, 2.75) is 13.3 Å². The fraction of sp³-hybridized carbons (Fsp3) is 0.158. The van der Waals surface area contributed by atoms with Crippen LogP contribution in [0.3, 0.4) is 0 Å². The van der Waals surface area contributed by atoms with E-state index >= 15 is 0 Å². The molecule has 1 heterocycles. The molecule has 0 amide bonds. The average molecular weight is 324 g/mol. The summed E-state index contributed by atoms with van der Waals surface area (Å²) in [5, 5.41) is 10.2. The topological polar surface area (TPSA) is 76.7 Å². The summed E-state index contributed by atoms with van der Waals surface area (Å²) in [5.74, 6) is -0.114. The number of carbonyl (C=O) groups excluding carboxylic acids is 1. The third-order valence-corrected chi connectivity index (χ3v) is 3.54. The zero-order valence-electron chi connectivity index (χ0n) is 13.1. The molecule has 3 aromatic rings. The Labute approximate surface area is 138 Å². The molecule has 0 aliphatic rings. The third-order valence-electron chi connectivity index (χ3n) is 3.54. The fourth-order valence-corrected chi connectivity index (χ4v) is 2.41. The standard InChI is InChI=1S/C19H16O5/c1-2-8-23-16-9-13(20)10-17-14(16)11-15(19(22)24-17)18(21)12-6-4-3-5-7-12/h3-7,9-11,20H,2,8H2,1H3. The molecule has 0 atom stereocenters. The molecule has 0 aliphatic carbocycles. The van der Waals surface area contributed by atoms with Crippen LogP contribution in [-0.4, -0.2) is 17.5 Å². The van der Waals surface area contributed by atoms with Crippen LogP contribution in [-0.2, 0) is 0 Å². The van der Waals surface area contributed by atoms with E-state index < -0.39 is 11.4 Å². The maximum atomic E-state index is 12.6. The van der Waals surface area contributed by atoms with E-state index in [2.05, 4.69) is 0 Å². The highest BCUT2D eigenvalue weighted by molar-refractivity contribution is 6.10. The summed E-state index contributed by atoms with van der Waals surface area (Å²) in [4.78, 5) is 24.7. The van der Waals surface area contributed by atoms with Crippen molar-refractivity contribution in [1.82, 2.24) is 0 Å². The molecule has 5 nitrogen and oxygen atoms in total. The summed E-state index contributed by atoms with van der Waals surface area (Å²) < 4.78 is 10.8. The van der Waals surface area contributed by atoms with Gasteiger partial charge in [0.05, 0.1) is 12.0 Å². The molecular weight excluding hydrogens is 308 g/mol. The van der Waals surface area contributed by atoms with Crippen molar-refractivity contribution >= 4 is 16.8 Å². The lowest BCUT2D eigenvalue weighted by Crippen LogP contribution is -2.14. The minimum absolute atomic E-state index is 0.0688. The number of hydrogen-bond acceptors (Lipinski definition) is 5. The normalized spacial score (nSPS) is 10.7. The predicted molar refractivity (Wildman–Crippen MR) is 89.8 cm³/mol. The van der Waals surface area contributed by atoms with Gasteiger partial charge < -0.3 is 14.3 Å². The van der Waals surface area contributed by atoms with Gasteiger partial charge >= 0.3 is 5.63 Å². The molecule has 1 aromatic heterocycles. The van der Waals surface area contributed by atoms with Gasteiger partial charge in [-0.25, -0.2) is 4.79 Å². The molecule has 3 rings (SSSR count). The summed E-state index contributed by atoms with van der Waals surface area (Å²) >= 11 is 0. The zero-order chi connectivity index (χ0) is 17.1. The van der Waals surface area contributed by atoms with Crippen molar-refractivity contribution in [1.29, 1.82) is 0 Å². The van der Waals surface area contributed by atoms with Crippen molar-refractivity contribution in [2.75, 3.05) is 6.61 Å². The number of rotatable bonds is 5. The predicted octanol–water partition coefficient (Wildman–Crippen LogP) is 3.52. The maximum absolute atomic E-state index is 12.6. The van der Waals surface area contributed by atoms with Crippen molar-refractivity contribution in [3.8, 4) is 11.5 Å². The number of ether oxygens (including phenoxy) is 1. The molecule has 0 aliphatic heterocycles. The van der Waals surface area contributed by atoms with Crippen LogP contribution in [0.4, 0.5) is 0 Å². The van der Waals surface area contributed by atoms with Crippen LogP contribution in [0, 0.1) is 0 Å². The molecule has 0 saturated heterocycles. The number of fused-ring (bicyclic) bond motifs is 1. The molecule has 1 N–H and O–H groups in total. The van der Waals surface area contributed by atoms with E-state index in [1.807, 2.05) is 6.92 Å². The largest absolute Gasteiger partial charge is 0.508 e. The Morgan fingerprint density at radius 3 is 2.62 bits per heavy atom. The Kier molecular flexibility index (Phi) is 4.33. The lowest BCUT2D eigenvalue weighted by molar-refractivity contribution is 0.103. The van der Waals surface area contributed by atoms with Gasteiger partial charge in [-0.1, -0.05) is 37.3 Å². The summed E-state index contributed by atoms with van der Waals surface area (Å²) in [6.45, 7) is 2.40. The summed E-state index contributed by atoms with van der Waals surface area (Å²) in [6.07, 6.45) is 0.781. The number of ketones is 1. The van der Waals surface area contributed by atoms with Crippen LogP contribution >= 0.6 is 0 Å².